The minimum absolute atomic E-state index is 0.752. The second-order valence-corrected chi connectivity index (χ2v) is 8.28. The Hall–Kier alpha value is -1.83. The van der Waals surface area contributed by atoms with Gasteiger partial charge in [-0.2, -0.15) is 0 Å². The van der Waals surface area contributed by atoms with Crippen molar-refractivity contribution in [1.29, 1.82) is 0 Å². The molecule has 0 amide bonds. The molecule has 1 saturated heterocycles. The predicted molar refractivity (Wildman–Crippen MR) is 105 cm³/mol. The van der Waals surface area contributed by atoms with Crippen LogP contribution in [0.1, 0.15) is 11.4 Å². The van der Waals surface area contributed by atoms with Gasteiger partial charge < -0.3 is 14.4 Å². The summed E-state index contributed by atoms with van der Waals surface area (Å²) in [6.45, 7) is 7.06. The van der Waals surface area contributed by atoms with Crippen LogP contribution in [-0.4, -0.2) is 47.8 Å². The van der Waals surface area contributed by atoms with Crippen molar-refractivity contribution in [3.05, 3.63) is 45.7 Å². The number of thiazole rings is 1. The number of fused-ring (bicyclic) bond motifs is 1. The maximum atomic E-state index is 5.67. The number of nitrogens with one attached hydrogen (secondary N) is 1. The van der Waals surface area contributed by atoms with Gasteiger partial charge in [-0.15, -0.1) is 0 Å². The molecule has 1 aromatic carbocycles. The van der Waals surface area contributed by atoms with E-state index in [-0.39, 0.29) is 0 Å². The van der Waals surface area contributed by atoms with Gasteiger partial charge in [-0.25, -0.2) is 9.97 Å². The van der Waals surface area contributed by atoms with Crippen molar-refractivity contribution < 1.29 is 4.90 Å². The van der Waals surface area contributed by atoms with Gasteiger partial charge in [0.15, 0.2) is 15.4 Å². The van der Waals surface area contributed by atoms with Gasteiger partial charge in [0.05, 0.1) is 39.8 Å². The Balaban J connectivity index is 1.79. The number of aryl methyl sites for hydroxylation is 1. The van der Waals surface area contributed by atoms with Crippen LogP contribution >= 0.6 is 23.6 Å². The standard InChI is InChI=1S/C18H21N5S2/c1-13-19-16(22-10-8-21(2)9-11-22)15-17(20-13)23(18(24)25-15)12-14-6-4-3-5-7-14/h3-7H,8-12H2,1-2H3/p+1. The Morgan fingerprint density at radius 1 is 1.16 bits per heavy atom. The number of hydrogen-bond donors (Lipinski definition) is 1. The number of nitrogens with zero attached hydrogens (tertiary/aromatic N) is 4. The zero-order valence-electron chi connectivity index (χ0n) is 14.5. The largest absolute Gasteiger partial charge is 0.344 e. The van der Waals surface area contributed by atoms with Crippen LogP contribution in [0.3, 0.4) is 0 Å². The quantitative estimate of drug-likeness (QED) is 0.713. The fourth-order valence-electron chi connectivity index (χ4n) is 3.26. The summed E-state index contributed by atoms with van der Waals surface area (Å²) in [4.78, 5) is 13.5. The molecule has 0 unspecified atom stereocenters. The molecule has 0 aliphatic carbocycles. The zero-order chi connectivity index (χ0) is 17.4. The second kappa shape index (κ2) is 6.82. The van der Waals surface area contributed by atoms with E-state index in [4.69, 9.17) is 22.2 Å². The summed E-state index contributed by atoms with van der Waals surface area (Å²) in [5, 5.41) is 0. The maximum absolute atomic E-state index is 5.67. The minimum Gasteiger partial charge on any atom is -0.344 e. The van der Waals surface area contributed by atoms with E-state index >= 15 is 0 Å². The second-order valence-electron chi connectivity index (χ2n) is 6.63. The van der Waals surface area contributed by atoms with Crippen molar-refractivity contribution in [2.24, 2.45) is 0 Å². The first-order valence-corrected chi connectivity index (χ1v) is 9.82. The van der Waals surface area contributed by atoms with E-state index in [1.54, 1.807) is 16.2 Å². The van der Waals surface area contributed by atoms with Gasteiger partial charge in [0.25, 0.3) is 0 Å². The lowest BCUT2D eigenvalue weighted by atomic mass is 10.2. The summed E-state index contributed by atoms with van der Waals surface area (Å²) < 4.78 is 4.12. The monoisotopic (exact) mass is 372 g/mol. The molecule has 130 valence electrons. The Morgan fingerprint density at radius 2 is 1.88 bits per heavy atom. The summed E-state index contributed by atoms with van der Waals surface area (Å²) in [6, 6.07) is 10.4. The summed E-state index contributed by atoms with van der Waals surface area (Å²) in [5.41, 5.74) is 2.20. The molecule has 2 aromatic heterocycles. The average Bonchev–Trinajstić information content (AvgIpc) is 2.92. The highest BCUT2D eigenvalue weighted by Crippen LogP contribution is 2.31. The molecular formula is C18H22N5S2+. The van der Waals surface area contributed by atoms with Gasteiger partial charge >= 0.3 is 0 Å². The lowest BCUT2D eigenvalue weighted by Crippen LogP contribution is -3.12. The van der Waals surface area contributed by atoms with E-state index in [0.717, 1.165) is 58.7 Å². The van der Waals surface area contributed by atoms with Crippen molar-refractivity contribution in [2.45, 2.75) is 13.5 Å². The van der Waals surface area contributed by atoms with Gasteiger partial charge in [-0.05, 0) is 24.7 Å². The Labute approximate surface area is 156 Å². The van der Waals surface area contributed by atoms with Gasteiger partial charge in [-0.1, -0.05) is 41.7 Å². The average molecular weight is 373 g/mol. The first kappa shape index (κ1) is 16.6. The Bertz CT molecular complexity index is 939. The van der Waals surface area contributed by atoms with Gasteiger partial charge in [0.2, 0.25) is 0 Å². The SMILES string of the molecule is Cc1nc(N2CC[NH+](C)CC2)c2sc(=S)n(Cc3ccccc3)c2n1. The van der Waals surface area contributed by atoms with E-state index in [1.807, 2.05) is 13.0 Å². The van der Waals surface area contributed by atoms with Crippen molar-refractivity contribution in [3.8, 4) is 0 Å². The van der Waals surface area contributed by atoms with Crippen molar-refractivity contribution in [1.82, 2.24) is 14.5 Å². The molecule has 0 bridgehead atoms. The number of likely N-dealkylation sites (N-methyl/N-ethyl adjacent to an activating group) is 1. The van der Waals surface area contributed by atoms with Crippen LogP contribution in [0, 0.1) is 10.9 Å². The molecule has 1 N–H and O–H groups in total. The highest BCUT2D eigenvalue weighted by Gasteiger charge is 2.23. The molecule has 1 aliphatic heterocycles. The van der Waals surface area contributed by atoms with Crippen LogP contribution in [0.2, 0.25) is 0 Å². The molecule has 0 saturated carbocycles. The number of anilines is 1. The fraction of sp³-hybridized carbons (Fsp3) is 0.389. The summed E-state index contributed by atoms with van der Waals surface area (Å²) >= 11 is 7.30. The summed E-state index contributed by atoms with van der Waals surface area (Å²) in [7, 11) is 2.25. The highest BCUT2D eigenvalue weighted by atomic mass is 32.1. The van der Waals surface area contributed by atoms with Crippen molar-refractivity contribution >= 4 is 39.7 Å². The van der Waals surface area contributed by atoms with Crippen LogP contribution in [0.4, 0.5) is 5.82 Å². The molecule has 7 heteroatoms. The molecular weight excluding hydrogens is 350 g/mol. The van der Waals surface area contributed by atoms with Crippen molar-refractivity contribution in [2.75, 3.05) is 38.1 Å². The minimum atomic E-state index is 0.752. The van der Waals surface area contributed by atoms with Gasteiger partial charge in [-0.3, -0.25) is 0 Å². The zero-order valence-corrected chi connectivity index (χ0v) is 16.2. The first-order valence-electron chi connectivity index (χ1n) is 8.60. The molecule has 0 atom stereocenters. The molecule has 0 spiro atoms. The van der Waals surface area contributed by atoms with Gasteiger partial charge in [0.1, 0.15) is 10.5 Å². The third kappa shape index (κ3) is 3.31. The fourth-order valence-corrected chi connectivity index (χ4v) is 4.61. The summed E-state index contributed by atoms with van der Waals surface area (Å²) in [6.07, 6.45) is 0. The van der Waals surface area contributed by atoms with Gasteiger partial charge in [0, 0.05) is 0 Å². The number of aromatic nitrogens is 3. The Morgan fingerprint density at radius 3 is 2.60 bits per heavy atom. The van der Waals surface area contributed by atoms with Crippen LogP contribution < -0.4 is 9.80 Å². The molecule has 4 rings (SSSR count). The topological polar surface area (TPSA) is 38.4 Å². The third-order valence-corrected chi connectivity index (χ3v) is 6.14. The molecule has 25 heavy (non-hydrogen) atoms. The van der Waals surface area contributed by atoms with E-state index in [1.165, 1.54) is 5.56 Å². The summed E-state index contributed by atoms with van der Waals surface area (Å²) in [5.74, 6) is 1.86. The third-order valence-electron chi connectivity index (χ3n) is 4.71. The number of benzene rings is 1. The number of rotatable bonds is 3. The molecule has 3 aromatic rings. The highest BCUT2D eigenvalue weighted by molar-refractivity contribution is 7.73. The van der Waals surface area contributed by atoms with E-state index < -0.39 is 0 Å². The van der Waals surface area contributed by atoms with E-state index in [0.29, 0.717) is 0 Å². The lowest BCUT2D eigenvalue weighted by molar-refractivity contribution is -0.880. The number of hydrogen-bond acceptors (Lipinski definition) is 5. The predicted octanol–water partition coefficient (Wildman–Crippen LogP) is 1.91. The molecule has 3 heterocycles. The van der Waals surface area contributed by atoms with Crippen LogP contribution in [0.15, 0.2) is 30.3 Å². The van der Waals surface area contributed by atoms with E-state index in [9.17, 15) is 0 Å². The molecule has 5 nitrogen and oxygen atoms in total. The van der Waals surface area contributed by atoms with E-state index in [2.05, 4.69) is 40.8 Å². The van der Waals surface area contributed by atoms with Crippen LogP contribution in [0.5, 0.6) is 0 Å². The molecule has 1 fully saturated rings. The molecule has 0 radical (unpaired) electrons. The molecule has 1 aliphatic rings. The normalized spacial score (nSPS) is 15.8. The van der Waals surface area contributed by atoms with Crippen LogP contribution in [0.25, 0.3) is 10.3 Å². The lowest BCUT2D eigenvalue weighted by Gasteiger charge is -2.31. The number of piperazine rings is 1. The maximum Gasteiger partial charge on any atom is 0.163 e. The number of quaternary nitrogens is 1. The Kier molecular flexibility index (Phi) is 4.54. The first-order chi connectivity index (χ1) is 12.1. The van der Waals surface area contributed by atoms with Crippen molar-refractivity contribution in [3.63, 3.8) is 0 Å². The smallest absolute Gasteiger partial charge is 0.163 e. The van der Waals surface area contributed by atoms with Crippen LogP contribution in [-0.2, 0) is 6.54 Å².